The molecule has 1 aliphatic carbocycles. The highest BCUT2D eigenvalue weighted by molar-refractivity contribution is 5.86. The first-order chi connectivity index (χ1) is 12.0. The minimum atomic E-state index is -1.05. The SMILES string of the molecule is C/C(=C\c1ccc(C(=O)O)o1)c1cc2c(cc1C)C(C)(C)CCC2(C)C. The molecule has 0 saturated carbocycles. The van der Waals surface area contributed by atoms with E-state index in [1.165, 1.54) is 41.2 Å². The van der Waals surface area contributed by atoms with Crippen molar-refractivity contribution in [3.05, 3.63) is 58.0 Å². The third kappa shape index (κ3) is 3.23. The van der Waals surface area contributed by atoms with Crippen LogP contribution in [0.15, 0.2) is 28.7 Å². The van der Waals surface area contributed by atoms with Crippen molar-refractivity contribution in [2.45, 2.75) is 65.2 Å². The van der Waals surface area contributed by atoms with Gasteiger partial charge in [0.25, 0.3) is 0 Å². The second kappa shape index (κ2) is 6.15. The number of aromatic carboxylic acids is 1. The van der Waals surface area contributed by atoms with E-state index in [9.17, 15) is 4.79 Å². The number of hydrogen-bond acceptors (Lipinski definition) is 2. The molecule has 0 aliphatic heterocycles. The van der Waals surface area contributed by atoms with E-state index in [1.807, 2.05) is 6.08 Å². The molecule has 1 aromatic carbocycles. The van der Waals surface area contributed by atoms with Crippen molar-refractivity contribution in [2.24, 2.45) is 0 Å². The van der Waals surface area contributed by atoms with E-state index in [0.29, 0.717) is 5.76 Å². The molecular formula is C23H28O3. The van der Waals surface area contributed by atoms with E-state index >= 15 is 0 Å². The third-order valence-electron chi connectivity index (χ3n) is 5.82. The van der Waals surface area contributed by atoms with Gasteiger partial charge in [0.15, 0.2) is 0 Å². The summed E-state index contributed by atoms with van der Waals surface area (Å²) in [5.74, 6) is -0.512. The molecule has 0 bridgehead atoms. The number of carboxylic acids is 1. The van der Waals surface area contributed by atoms with E-state index in [0.717, 1.165) is 5.57 Å². The lowest BCUT2D eigenvalue weighted by atomic mass is 9.62. The van der Waals surface area contributed by atoms with Crippen LogP contribution in [0.4, 0.5) is 0 Å². The number of benzene rings is 1. The van der Waals surface area contributed by atoms with Gasteiger partial charge in [-0.25, -0.2) is 4.79 Å². The van der Waals surface area contributed by atoms with E-state index < -0.39 is 5.97 Å². The number of hydrogen-bond donors (Lipinski definition) is 1. The highest BCUT2D eigenvalue weighted by Crippen LogP contribution is 2.47. The maximum atomic E-state index is 11.0. The van der Waals surface area contributed by atoms with Gasteiger partial charge in [-0.3, -0.25) is 0 Å². The van der Waals surface area contributed by atoms with Crippen LogP contribution in [-0.2, 0) is 10.8 Å². The van der Waals surface area contributed by atoms with Crippen molar-refractivity contribution in [2.75, 3.05) is 0 Å². The summed E-state index contributed by atoms with van der Waals surface area (Å²) in [5, 5.41) is 9.02. The van der Waals surface area contributed by atoms with Crippen LogP contribution in [0.1, 0.15) is 86.0 Å². The molecule has 138 valence electrons. The second-order valence-electron chi connectivity index (χ2n) is 8.81. The smallest absolute Gasteiger partial charge is 0.371 e. The Bertz CT molecular complexity index is 894. The molecule has 0 atom stereocenters. The van der Waals surface area contributed by atoms with Crippen molar-refractivity contribution in [1.29, 1.82) is 0 Å². The highest BCUT2D eigenvalue weighted by atomic mass is 16.4. The Morgan fingerprint density at radius 2 is 1.65 bits per heavy atom. The Balaban J connectivity index is 2.08. The molecule has 0 radical (unpaired) electrons. The largest absolute Gasteiger partial charge is 0.475 e. The molecular weight excluding hydrogens is 324 g/mol. The van der Waals surface area contributed by atoms with Gasteiger partial charge < -0.3 is 9.52 Å². The maximum absolute atomic E-state index is 11.0. The standard InChI is InChI=1S/C23H28O3/c1-14(11-16-7-8-20(26-16)21(24)25)17-13-19-18(12-15(17)2)22(3,4)9-10-23(19,5)6/h7-8,11-13H,9-10H2,1-6H3,(H,24,25)/b14-11+. The lowest BCUT2D eigenvalue weighted by Gasteiger charge is -2.42. The molecule has 1 heterocycles. The van der Waals surface area contributed by atoms with E-state index in [2.05, 4.69) is 53.7 Å². The van der Waals surface area contributed by atoms with Gasteiger partial charge in [-0.1, -0.05) is 39.8 Å². The van der Waals surface area contributed by atoms with E-state index in [-0.39, 0.29) is 16.6 Å². The Hall–Kier alpha value is -2.29. The molecule has 3 nitrogen and oxygen atoms in total. The van der Waals surface area contributed by atoms with Crippen molar-refractivity contribution in [3.8, 4) is 0 Å². The highest BCUT2D eigenvalue weighted by Gasteiger charge is 2.37. The van der Waals surface area contributed by atoms with Crippen LogP contribution in [0.3, 0.4) is 0 Å². The maximum Gasteiger partial charge on any atom is 0.371 e. The van der Waals surface area contributed by atoms with Crippen LogP contribution >= 0.6 is 0 Å². The van der Waals surface area contributed by atoms with E-state index in [4.69, 9.17) is 9.52 Å². The number of carboxylic acid groups (broad SMARTS) is 1. The number of furan rings is 1. The fraction of sp³-hybridized carbons (Fsp3) is 0.435. The van der Waals surface area contributed by atoms with Gasteiger partial charge >= 0.3 is 5.97 Å². The van der Waals surface area contributed by atoms with Crippen molar-refractivity contribution in [1.82, 2.24) is 0 Å². The number of aryl methyl sites for hydroxylation is 1. The van der Waals surface area contributed by atoms with Crippen LogP contribution in [0.2, 0.25) is 0 Å². The Morgan fingerprint density at radius 3 is 2.19 bits per heavy atom. The first-order valence-electron chi connectivity index (χ1n) is 9.19. The summed E-state index contributed by atoms with van der Waals surface area (Å²) in [7, 11) is 0. The summed E-state index contributed by atoms with van der Waals surface area (Å²) >= 11 is 0. The lowest BCUT2D eigenvalue weighted by molar-refractivity contribution is 0.0662. The molecule has 2 aromatic rings. The van der Waals surface area contributed by atoms with Gasteiger partial charge in [-0.05, 0) is 83.6 Å². The van der Waals surface area contributed by atoms with Gasteiger partial charge in [0.05, 0.1) is 0 Å². The van der Waals surface area contributed by atoms with Crippen molar-refractivity contribution in [3.63, 3.8) is 0 Å². The van der Waals surface area contributed by atoms with Crippen molar-refractivity contribution < 1.29 is 14.3 Å². The van der Waals surface area contributed by atoms with Gasteiger partial charge in [0.2, 0.25) is 5.76 Å². The molecule has 0 unspecified atom stereocenters. The molecule has 3 rings (SSSR count). The second-order valence-corrected chi connectivity index (χ2v) is 8.81. The molecule has 1 N–H and O–H groups in total. The average Bonchev–Trinajstić information content (AvgIpc) is 3.00. The van der Waals surface area contributed by atoms with Gasteiger partial charge in [0.1, 0.15) is 5.76 Å². The fourth-order valence-corrected chi connectivity index (χ4v) is 3.98. The molecule has 1 aromatic heterocycles. The Labute approximate surface area is 155 Å². The van der Waals surface area contributed by atoms with Crippen LogP contribution in [-0.4, -0.2) is 11.1 Å². The summed E-state index contributed by atoms with van der Waals surface area (Å²) in [4.78, 5) is 11.0. The van der Waals surface area contributed by atoms with Crippen LogP contribution in [0.25, 0.3) is 11.6 Å². The monoisotopic (exact) mass is 352 g/mol. The minimum Gasteiger partial charge on any atom is -0.475 e. The van der Waals surface area contributed by atoms with Crippen LogP contribution in [0.5, 0.6) is 0 Å². The molecule has 26 heavy (non-hydrogen) atoms. The molecule has 0 amide bonds. The summed E-state index contributed by atoms with van der Waals surface area (Å²) in [6, 6.07) is 7.87. The number of allylic oxidation sites excluding steroid dienone is 1. The van der Waals surface area contributed by atoms with Gasteiger partial charge in [-0.2, -0.15) is 0 Å². The first kappa shape index (κ1) is 18.5. The first-order valence-corrected chi connectivity index (χ1v) is 9.19. The normalized spacial score (nSPS) is 18.5. The topological polar surface area (TPSA) is 50.4 Å². The molecule has 0 saturated heterocycles. The quantitative estimate of drug-likeness (QED) is 0.716. The molecule has 3 heteroatoms. The minimum absolute atomic E-state index is 0.0332. The molecule has 0 spiro atoms. The van der Waals surface area contributed by atoms with Gasteiger partial charge in [0, 0.05) is 0 Å². The summed E-state index contributed by atoms with van der Waals surface area (Å²) in [5.41, 5.74) is 6.76. The number of fused-ring (bicyclic) bond motifs is 1. The average molecular weight is 352 g/mol. The summed E-state index contributed by atoms with van der Waals surface area (Å²) in [6.45, 7) is 13.5. The number of rotatable bonds is 3. The summed E-state index contributed by atoms with van der Waals surface area (Å²) < 4.78 is 5.39. The Morgan fingerprint density at radius 1 is 1.08 bits per heavy atom. The zero-order valence-electron chi connectivity index (χ0n) is 16.6. The van der Waals surface area contributed by atoms with E-state index in [1.54, 1.807) is 6.07 Å². The van der Waals surface area contributed by atoms with Crippen molar-refractivity contribution >= 4 is 17.6 Å². The summed E-state index contributed by atoms with van der Waals surface area (Å²) in [6.07, 6.45) is 4.30. The van der Waals surface area contributed by atoms with Crippen LogP contribution < -0.4 is 0 Å². The van der Waals surface area contributed by atoms with Gasteiger partial charge in [-0.15, -0.1) is 0 Å². The molecule has 0 fully saturated rings. The number of carbonyl (C=O) groups is 1. The predicted octanol–water partition coefficient (Wildman–Crippen LogP) is 6.20. The third-order valence-corrected chi connectivity index (χ3v) is 5.82. The zero-order valence-corrected chi connectivity index (χ0v) is 16.6. The predicted molar refractivity (Wildman–Crippen MR) is 106 cm³/mol. The van der Waals surface area contributed by atoms with Crippen LogP contribution in [0, 0.1) is 6.92 Å². The molecule has 1 aliphatic rings. The fourth-order valence-electron chi connectivity index (χ4n) is 3.98. The Kier molecular flexibility index (Phi) is 4.38. The zero-order chi connectivity index (χ0) is 19.3. The lowest BCUT2D eigenvalue weighted by Crippen LogP contribution is -2.34.